The van der Waals surface area contributed by atoms with E-state index in [1.54, 1.807) is 12.3 Å². The predicted octanol–water partition coefficient (Wildman–Crippen LogP) is 2.36. The molecule has 3 rings (SSSR count). The lowest BCUT2D eigenvalue weighted by molar-refractivity contribution is -0.193. The first-order valence-electron chi connectivity index (χ1n) is 8.43. The fraction of sp³-hybridized carbons (Fsp3) is 0.412. The van der Waals surface area contributed by atoms with E-state index in [2.05, 4.69) is 14.8 Å². The molecule has 0 amide bonds. The highest BCUT2D eigenvalue weighted by Crippen LogP contribution is 2.38. The fourth-order valence-corrected chi connectivity index (χ4v) is 3.76. The SMILES string of the molecule is CSc1nccc2c1CCc1c-2nn(CCCN)c1C(=O)OC(=O)C(F)(F)F. The third-order valence-corrected chi connectivity index (χ3v) is 5.06. The van der Waals surface area contributed by atoms with E-state index in [0.717, 1.165) is 16.2 Å². The summed E-state index contributed by atoms with van der Waals surface area (Å²) in [4.78, 5) is 27.8. The molecule has 11 heteroatoms. The second-order valence-electron chi connectivity index (χ2n) is 6.06. The summed E-state index contributed by atoms with van der Waals surface area (Å²) in [6, 6.07) is 1.75. The lowest BCUT2D eigenvalue weighted by atomic mass is 9.90. The maximum absolute atomic E-state index is 12.5. The molecule has 2 aromatic rings. The number of nitrogens with zero attached hydrogens (tertiary/aromatic N) is 3. The van der Waals surface area contributed by atoms with Gasteiger partial charge in [-0.2, -0.15) is 18.3 Å². The number of carbonyl (C=O) groups is 2. The van der Waals surface area contributed by atoms with Gasteiger partial charge in [-0.3, -0.25) is 4.68 Å². The van der Waals surface area contributed by atoms with Gasteiger partial charge in [-0.25, -0.2) is 14.6 Å². The van der Waals surface area contributed by atoms with E-state index < -0.39 is 18.1 Å². The minimum Gasteiger partial charge on any atom is -0.381 e. The van der Waals surface area contributed by atoms with Crippen molar-refractivity contribution in [3.8, 4) is 11.3 Å². The maximum Gasteiger partial charge on any atom is 0.491 e. The Hall–Kier alpha value is -2.40. The average molecular weight is 414 g/mol. The Kier molecular flexibility index (Phi) is 5.75. The molecular weight excluding hydrogens is 397 g/mol. The molecule has 2 heterocycles. The van der Waals surface area contributed by atoms with Crippen LogP contribution in [0.5, 0.6) is 0 Å². The highest BCUT2D eigenvalue weighted by atomic mass is 32.2. The van der Waals surface area contributed by atoms with E-state index in [9.17, 15) is 22.8 Å². The number of ether oxygens (including phenoxy) is 1. The minimum atomic E-state index is -5.26. The Morgan fingerprint density at radius 3 is 2.68 bits per heavy atom. The van der Waals surface area contributed by atoms with Gasteiger partial charge in [0.05, 0.1) is 10.7 Å². The Labute approximate surface area is 162 Å². The summed E-state index contributed by atoms with van der Waals surface area (Å²) in [5.74, 6) is -3.92. The Bertz CT molecular complexity index is 927. The van der Waals surface area contributed by atoms with Crippen LogP contribution >= 0.6 is 11.8 Å². The van der Waals surface area contributed by atoms with Crippen molar-refractivity contribution in [3.05, 3.63) is 29.1 Å². The van der Waals surface area contributed by atoms with E-state index >= 15 is 0 Å². The van der Waals surface area contributed by atoms with Crippen LogP contribution < -0.4 is 5.73 Å². The largest absolute Gasteiger partial charge is 0.491 e. The zero-order valence-electron chi connectivity index (χ0n) is 14.9. The third kappa shape index (κ3) is 3.76. The Morgan fingerprint density at radius 2 is 2.04 bits per heavy atom. The monoisotopic (exact) mass is 414 g/mol. The first kappa shape index (κ1) is 20.3. The topological polar surface area (TPSA) is 100 Å². The lowest BCUT2D eigenvalue weighted by Gasteiger charge is -2.17. The predicted molar refractivity (Wildman–Crippen MR) is 94.8 cm³/mol. The van der Waals surface area contributed by atoms with Gasteiger partial charge in [-0.15, -0.1) is 11.8 Å². The second kappa shape index (κ2) is 7.92. The fourth-order valence-electron chi connectivity index (χ4n) is 3.14. The van der Waals surface area contributed by atoms with Gasteiger partial charge in [0.1, 0.15) is 0 Å². The molecule has 0 unspecified atom stereocenters. The quantitative estimate of drug-likeness (QED) is 0.455. The molecular formula is C17H17F3N4O3S. The van der Waals surface area contributed by atoms with Crippen molar-refractivity contribution in [2.24, 2.45) is 5.73 Å². The Morgan fingerprint density at radius 1 is 1.32 bits per heavy atom. The van der Waals surface area contributed by atoms with Crippen LogP contribution in [0, 0.1) is 0 Å². The van der Waals surface area contributed by atoms with Crippen molar-refractivity contribution in [2.75, 3.05) is 12.8 Å². The number of rotatable bonds is 5. The normalized spacial score (nSPS) is 13.0. The van der Waals surface area contributed by atoms with Gasteiger partial charge < -0.3 is 10.5 Å². The zero-order chi connectivity index (χ0) is 20.5. The van der Waals surface area contributed by atoms with Crippen molar-refractivity contribution in [2.45, 2.75) is 37.0 Å². The molecule has 2 aromatic heterocycles. The summed E-state index contributed by atoms with van der Waals surface area (Å²) in [6.07, 6.45) is -0.388. The molecule has 0 aliphatic heterocycles. The van der Waals surface area contributed by atoms with Gasteiger partial charge in [-0.05, 0) is 43.7 Å². The van der Waals surface area contributed by atoms with E-state index in [1.807, 2.05) is 6.26 Å². The van der Waals surface area contributed by atoms with Crippen molar-refractivity contribution in [3.63, 3.8) is 0 Å². The van der Waals surface area contributed by atoms with Gasteiger partial charge in [0.25, 0.3) is 0 Å². The van der Waals surface area contributed by atoms with Crippen LogP contribution in [0.25, 0.3) is 11.3 Å². The third-order valence-electron chi connectivity index (χ3n) is 4.32. The van der Waals surface area contributed by atoms with Crippen LogP contribution in [0.15, 0.2) is 17.3 Å². The van der Waals surface area contributed by atoms with Crippen LogP contribution in [-0.4, -0.2) is 45.7 Å². The van der Waals surface area contributed by atoms with Gasteiger partial charge in [-0.1, -0.05) is 0 Å². The molecule has 150 valence electrons. The summed E-state index contributed by atoms with van der Waals surface area (Å²) < 4.78 is 42.8. The number of hydrogen-bond acceptors (Lipinski definition) is 7. The molecule has 0 bridgehead atoms. The number of nitrogens with two attached hydrogens (primary N) is 1. The van der Waals surface area contributed by atoms with Crippen molar-refractivity contribution < 1.29 is 27.5 Å². The summed E-state index contributed by atoms with van der Waals surface area (Å²) in [5.41, 5.74) is 8.05. The number of carbonyl (C=O) groups excluding carboxylic acids is 2. The molecule has 0 fully saturated rings. The van der Waals surface area contributed by atoms with E-state index in [-0.39, 0.29) is 12.2 Å². The number of halogens is 3. The first-order chi connectivity index (χ1) is 13.3. The van der Waals surface area contributed by atoms with Crippen LogP contribution in [0.1, 0.15) is 28.0 Å². The van der Waals surface area contributed by atoms with Crippen molar-refractivity contribution in [1.82, 2.24) is 14.8 Å². The van der Waals surface area contributed by atoms with E-state index in [1.165, 1.54) is 16.4 Å². The smallest absolute Gasteiger partial charge is 0.381 e. The van der Waals surface area contributed by atoms with Crippen LogP contribution in [-0.2, 0) is 28.9 Å². The molecule has 0 atom stereocenters. The van der Waals surface area contributed by atoms with Gasteiger partial charge in [0.2, 0.25) is 0 Å². The van der Waals surface area contributed by atoms with Crippen LogP contribution in [0.2, 0.25) is 0 Å². The number of esters is 2. The number of thioether (sulfide) groups is 1. The molecule has 1 aliphatic rings. The molecule has 0 radical (unpaired) electrons. The number of pyridine rings is 1. The summed E-state index contributed by atoms with van der Waals surface area (Å²) in [5, 5.41) is 5.26. The van der Waals surface area contributed by atoms with Gasteiger partial charge in [0, 0.05) is 23.9 Å². The van der Waals surface area contributed by atoms with Gasteiger partial charge >= 0.3 is 18.1 Å². The van der Waals surface area contributed by atoms with E-state index in [4.69, 9.17) is 5.73 Å². The maximum atomic E-state index is 12.5. The second-order valence-corrected chi connectivity index (χ2v) is 6.86. The summed E-state index contributed by atoms with van der Waals surface area (Å²) in [7, 11) is 0. The number of aromatic nitrogens is 3. The molecule has 0 aromatic carbocycles. The highest BCUT2D eigenvalue weighted by molar-refractivity contribution is 7.98. The number of fused-ring (bicyclic) bond motifs is 3. The van der Waals surface area contributed by atoms with E-state index in [0.29, 0.717) is 37.1 Å². The number of hydrogen-bond donors (Lipinski definition) is 1. The molecule has 0 saturated heterocycles. The van der Waals surface area contributed by atoms with Crippen LogP contribution in [0.4, 0.5) is 13.2 Å². The van der Waals surface area contributed by atoms with Crippen molar-refractivity contribution >= 4 is 23.7 Å². The summed E-state index contributed by atoms with van der Waals surface area (Å²) in [6.45, 7) is 0.515. The summed E-state index contributed by atoms with van der Waals surface area (Å²) >= 11 is 1.48. The lowest BCUT2D eigenvalue weighted by Crippen LogP contribution is -2.29. The van der Waals surface area contributed by atoms with Gasteiger partial charge in [0.15, 0.2) is 5.69 Å². The highest BCUT2D eigenvalue weighted by Gasteiger charge is 2.43. The molecule has 0 spiro atoms. The average Bonchev–Trinajstić information content (AvgIpc) is 3.03. The molecule has 1 aliphatic carbocycles. The minimum absolute atomic E-state index is 0.144. The molecule has 28 heavy (non-hydrogen) atoms. The van der Waals surface area contributed by atoms with Crippen LogP contribution in [0.3, 0.4) is 0 Å². The van der Waals surface area contributed by atoms with Crippen molar-refractivity contribution in [1.29, 1.82) is 0 Å². The zero-order valence-corrected chi connectivity index (χ0v) is 15.7. The Balaban J connectivity index is 2.07. The molecule has 0 saturated carbocycles. The first-order valence-corrected chi connectivity index (χ1v) is 9.65. The molecule has 2 N–H and O–H groups in total. The number of aryl methyl sites for hydroxylation is 1. The molecule has 7 nitrogen and oxygen atoms in total. The standard InChI is InChI=1S/C17H17F3N4O3S/c1-28-14-10-3-4-11-12(9(10)5-7-22-14)23-24(8-2-6-21)13(11)15(25)27-16(26)17(18,19)20/h5,7H,2-4,6,8,21H2,1H3. The number of alkyl halides is 3.